The highest BCUT2D eigenvalue weighted by Gasteiger charge is 2.26. The molecule has 0 aromatic rings. The molecule has 2 nitrogen and oxygen atoms in total. The van der Waals surface area contributed by atoms with Gasteiger partial charge < -0.3 is 4.74 Å². The number of carbonyl (C=O) groups is 1. The van der Waals surface area contributed by atoms with Crippen molar-refractivity contribution in [2.24, 2.45) is 5.41 Å². The van der Waals surface area contributed by atoms with E-state index < -0.39 is 0 Å². The molecule has 0 aromatic heterocycles. The predicted molar refractivity (Wildman–Crippen MR) is 79.9 cm³/mol. The standard InChI is InChI=1S/C17H26O2/c1-6-14(12-16(18)19-5)9-10-15-13(2)8-7-11-17(15,3)4/h9-10,12H,6-8,11H2,1-5H3/b10-9+,14-12+. The molecule has 2 heteroatoms. The van der Waals surface area contributed by atoms with Gasteiger partial charge >= 0.3 is 5.97 Å². The Hall–Kier alpha value is -1.31. The van der Waals surface area contributed by atoms with Crippen LogP contribution in [0.2, 0.25) is 0 Å². The van der Waals surface area contributed by atoms with Crippen molar-refractivity contribution in [3.8, 4) is 0 Å². The average molecular weight is 262 g/mol. The summed E-state index contributed by atoms with van der Waals surface area (Å²) in [4.78, 5) is 11.3. The molecule has 1 aliphatic carbocycles. The predicted octanol–water partition coefficient (Wildman–Crippen LogP) is 4.58. The summed E-state index contributed by atoms with van der Waals surface area (Å²) in [5, 5.41) is 0. The van der Waals surface area contributed by atoms with E-state index in [9.17, 15) is 4.79 Å². The van der Waals surface area contributed by atoms with Crippen molar-refractivity contribution >= 4 is 5.97 Å². The molecule has 0 N–H and O–H groups in total. The Kier molecular flexibility index (Phi) is 5.59. The van der Waals surface area contributed by atoms with Gasteiger partial charge in [-0.1, -0.05) is 38.5 Å². The minimum Gasteiger partial charge on any atom is -0.466 e. The van der Waals surface area contributed by atoms with E-state index in [2.05, 4.69) is 37.7 Å². The summed E-state index contributed by atoms with van der Waals surface area (Å²) in [7, 11) is 1.41. The third-order valence-electron chi connectivity index (χ3n) is 3.92. The summed E-state index contributed by atoms with van der Waals surface area (Å²) in [6, 6.07) is 0. The first kappa shape index (κ1) is 15.7. The van der Waals surface area contributed by atoms with Crippen molar-refractivity contribution in [2.45, 2.75) is 53.4 Å². The van der Waals surface area contributed by atoms with Crippen molar-refractivity contribution < 1.29 is 9.53 Å². The fourth-order valence-corrected chi connectivity index (χ4v) is 2.68. The molecule has 0 saturated heterocycles. The van der Waals surface area contributed by atoms with Crippen LogP contribution >= 0.6 is 0 Å². The van der Waals surface area contributed by atoms with Gasteiger partial charge in [0.05, 0.1) is 7.11 Å². The molecule has 1 rings (SSSR count). The number of ether oxygens (including phenoxy) is 1. The fraction of sp³-hybridized carbons (Fsp3) is 0.588. The van der Waals surface area contributed by atoms with Crippen LogP contribution in [0.1, 0.15) is 53.4 Å². The molecule has 0 radical (unpaired) electrons. The zero-order valence-corrected chi connectivity index (χ0v) is 12.9. The number of methoxy groups -OCH3 is 1. The van der Waals surface area contributed by atoms with Crippen molar-refractivity contribution in [1.29, 1.82) is 0 Å². The Balaban J connectivity index is 2.95. The van der Waals surface area contributed by atoms with Crippen molar-refractivity contribution in [3.63, 3.8) is 0 Å². The minimum absolute atomic E-state index is 0.239. The second-order valence-corrected chi connectivity index (χ2v) is 5.86. The van der Waals surface area contributed by atoms with Gasteiger partial charge in [-0.25, -0.2) is 4.79 Å². The molecule has 0 bridgehead atoms. The number of carbonyl (C=O) groups excluding carboxylic acids is 1. The zero-order valence-electron chi connectivity index (χ0n) is 12.9. The van der Waals surface area contributed by atoms with Gasteiger partial charge in [-0.2, -0.15) is 0 Å². The van der Waals surface area contributed by atoms with E-state index in [0.717, 1.165) is 12.0 Å². The summed E-state index contributed by atoms with van der Waals surface area (Å²) in [6.45, 7) is 8.86. The minimum atomic E-state index is -0.282. The van der Waals surface area contributed by atoms with Crippen LogP contribution < -0.4 is 0 Å². The first-order valence-electron chi connectivity index (χ1n) is 7.07. The second kappa shape index (κ2) is 6.74. The largest absolute Gasteiger partial charge is 0.466 e. The maximum absolute atomic E-state index is 11.3. The topological polar surface area (TPSA) is 26.3 Å². The third-order valence-corrected chi connectivity index (χ3v) is 3.92. The van der Waals surface area contributed by atoms with E-state index in [1.807, 2.05) is 6.92 Å². The molecular formula is C17H26O2. The zero-order chi connectivity index (χ0) is 14.5. The van der Waals surface area contributed by atoms with Crippen LogP contribution in [-0.2, 0) is 9.53 Å². The Morgan fingerprint density at radius 1 is 1.42 bits per heavy atom. The lowest BCUT2D eigenvalue weighted by Gasteiger charge is -2.33. The fourth-order valence-electron chi connectivity index (χ4n) is 2.68. The molecule has 106 valence electrons. The van der Waals surface area contributed by atoms with Gasteiger partial charge in [-0.05, 0) is 49.2 Å². The van der Waals surface area contributed by atoms with E-state index in [0.29, 0.717) is 0 Å². The highest BCUT2D eigenvalue weighted by atomic mass is 16.5. The lowest BCUT2D eigenvalue weighted by Crippen LogP contribution is -2.19. The van der Waals surface area contributed by atoms with Gasteiger partial charge in [0.15, 0.2) is 0 Å². The van der Waals surface area contributed by atoms with Crippen LogP contribution in [0.15, 0.2) is 34.9 Å². The van der Waals surface area contributed by atoms with Gasteiger partial charge in [0.2, 0.25) is 0 Å². The van der Waals surface area contributed by atoms with Crippen molar-refractivity contribution in [1.82, 2.24) is 0 Å². The Morgan fingerprint density at radius 2 is 2.11 bits per heavy atom. The van der Waals surface area contributed by atoms with Crippen molar-refractivity contribution in [2.75, 3.05) is 7.11 Å². The Labute approximate surface area is 117 Å². The second-order valence-electron chi connectivity index (χ2n) is 5.86. The highest BCUT2D eigenvalue weighted by Crippen LogP contribution is 2.40. The summed E-state index contributed by atoms with van der Waals surface area (Å²) in [5.74, 6) is -0.282. The molecule has 0 heterocycles. The lowest BCUT2D eigenvalue weighted by molar-refractivity contribution is -0.134. The number of hydrogen-bond acceptors (Lipinski definition) is 2. The normalized spacial score (nSPS) is 19.9. The molecule has 0 aromatic carbocycles. The summed E-state index contributed by atoms with van der Waals surface area (Å²) < 4.78 is 4.68. The first-order chi connectivity index (χ1) is 8.90. The smallest absolute Gasteiger partial charge is 0.330 e. The summed E-state index contributed by atoms with van der Waals surface area (Å²) >= 11 is 0. The molecular weight excluding hydrogens is 236 g/mol. The third kappa shape index (κ3) is 4.38. The quantitative estimate of drug-likeness (QED) is 0.421. The van der Waals surface area contributed by atoms with E-state index in [1.54, 1.807) is 6.08 Å². The summed E-state index contributed by atoms with van der Waals surface area (Å²) in [6.07, 6.45) is 10.3. The molecule has 0 spiro atoms. The molecule has 0 fully saturated rings. The monoisotopic (exact) mass is 262 g/mol. The number of rotatable bonds is 4. The van der Waals surface area contributed by atoms with E-state index >= 15 is 0 Å². The van der Waals surface area contributed by atoms with Gasteiger partial charge in [-0.15, -0.1) is 0 Å². The molecule has 0 aliphatic heterocycles. The van der Waals surface area contributed by atoms with Crippen LogP contribution in [0.3, 0.4) is 0 Å². The van der Waals surface area contributed by atoms with E-state index in [4.69, 9.17) is 0 Å². The molecule has 0 saturated carbocycles. The van der Waals surface area contributed by atoms with E-state index in [-0.39, 0.29) is 11.4 Å². The van der Waals surface area contributed by atoms with Gasteiger partial charge in [0, 0.05) is 6.08 Å². The van der Waals surface area contributed by atoms with Crippen LogP contribution in [0.25, 0.3) is 0 Å². The first-order valence-corrected chi connectivity index (χ1v) is 7.07. The molecule has 0 amide bonds. The number of allylic oxidation sites excluding steroid dienone is 5. The SMILES string of the molecule is CCC(/C=C/C1=C(C)CCCC1(C)C)=C\C(=O)OC. The highest BCUT2D eigenvalue weighted by molar-refractivity contribution is 5.83. The Bertz CT molecular complexity index is 423. The maximum Gasteiger partial charge on any atom is 0.330 e. The molecule has 19 heavy (non-hydrogen) atoms. The van der Waals surface area contributed by atoms with Gasteiger partial charge in [0.1, 0.15) is 0 Å². The lowest BCUT2D eigenvalue weighted by atomic mass is 9.72. The molecule has 1 aliphatic rings. The van der Waals surface area contributed by atoms with Crippen molar-refractivity contribution in [3.05, 3.63) is 34.9 Å². The van der Waals surface area contributed by atoms with Crippen LogP contribution in [0.4, 0.5) is 0 Å². The molecule has 0 unspecified atom stereocenters. The summed E-state index contributed by atoms with van der Waals surface area (Å²) in [5.41, 5.74) is 4.14. The van der Waals surface area contributed by atoms with Gasteiger partial charge in [0.25, 0.3) is 0 Å². The van der Waals surface area contributed by atoms with Crippen LogP contribution in [-0.4, -0.2) is 13.1 Å². The Morgan fingerprint density at radius 3 is 2.63 bits per heavy atom. The maximum atomic E-state index is 11.3. The number of esters is 1. The molecule has 0 atom stereocenters. The van der Waals surface area contributed by atoms with Crippen LogP contribution in [0.5, 0.6) is 0 Å². The van der Waals surface area contributed by atoms with E-state index in [1.165, 1.54) is 37.5 Å². The average Bonchev–Trinajstić information content (AvgIpc) is 2.35. The van der Waals surface area contributed by atoms with Gasteiger partial charge in [-0.3, -0.25) is 0 Å². The number of hydrogen-bond donors (Lipinski definition) is 0. The van der Waals surface area contributed by atoms with Crippen LogP contribution in [0, 0.1) is 5.41 Å².